The Bertz CT molecular complexity index is 641. The van der Waals surface area contributed by atoms with Gasteiger partial charge in [-0.3, -0.25) is 9.59 Å². The van der Waals surface area contributed by atoms with E-state index in [1.165, 1.54) is 0 Å². The van der Waals surface area contributed by atoms with Crippen molar-refractivity contribution in [2.45, 2.75) is 12.5 Å². The number of hydrogen-bond donors (Lipinski definition) is 2. The number of carbonyl (C=O) groups is 2. The summed E-state index contributed by atoms with van der Waals surface area (Å²) < 4.78 is 0. The normalized spacial score (nSPS) is 11.6. The molecule has 2 aromatic carbocycles. The Balaban J connectivity index is 2.20. The van der Waals surface area contributed by atoms with E-state index in [0.29, 0.717) is 24.1 Å². The Labute approximate surface area is 135 Å². The van der Waals surface area contributed by atoms with Crippen LogP contribution in [0.4, 0.5) is 5.69 Å². The molecule has 2 N–H and O–H groups in total. The topological polar surface area (TPSA) is 69.6 Å². The second-order valence-corrected chi connectivity index (χ2v) is 5.19. The maximum Gasteiger partial charge on any atom is 0.254 e. The van der Waals surface area contributed by atoms with Crippen molar-refractivity contribution in [2.75, 3.05) is 19.0 Å². The molecule has 1 unspecified atom stereocenters. The second-order valence-electron chi connectivity index (χ2n) is 5.19. The summed E-state index contributed by atoms with van der Waals surface area (Å²) in [6.07, 6.45) is 1.06. The number of carbonyl (C=O) groups excluding carboxylic acids is 2. The summed E-state index contributed by atoms with van der Waals surface area (Å²) in [6, 6.07) is 16.1. The van der Waals surface area contributed by atoms with Crippen LogP contribution >= 0.6 is 0 Å². The van der Waals surface area contributed by atoms with E-state index in [9.17, 15) is 14.7 Å². The maximum atomic E-state index is 12.7. The van der Waals surface area contributed by atoms with Gasteiger partial charge in [-0.2, -0.15) is 0 Å². The number of rotatable bonds is 7. The molecule has 0 saturated heterocycles. The first-order valence-corrected chi connectivity index (χ1v) is 7.40. The number of nitrogens with one attached hydrogen (secondary N) is 1. The molecule has 0 bridgehead atoms. The third-order valence-electron chi connectivity index (χ3n) is 3.73. The van der Waals surface area contributed by atoms with Gasteiger partial charge in [0.05, 0.1) is 6.04 Å². The van der Waals surface area contributed by atoms with Crippen LogP contribution in [0.5, 0.6) is 0 Å². The molecule has 1 atom stereocenters. The van der Waals surface area contributed by atoms with Crippen LogP contribution in [0.3, 0.4) is 0 Å². The molecule has 5 heteroatoms. The Kier molecular flexibility index (Phi) is 5.88. The molecule has 2 amide bonds. The Morgan fingerprint density at radius 1 is 1.17 bits per heavy atom. The summed E-state index contributed by atoms with van der Waals surface area (Å²) in [5.74, 6) is -0.134. The summed E-state index contributed by atoms with van der Waals surface area (Å²) in [5, 5.41) is 11.8. The van der Waals surface area contributed by atoms with Gasteiger partial charge in [0, 0.05) is 24.9 Å². The van der Waals surface area contributed by atoms with E-state index in [0.717, 1.165) is 5.56 Å². The van der Waals surface area contributed by atoms with E-state index in [1.54, 1.807) is 36.2 Å². The molecule has 0 saturated carbocycles. The van der Waals surface area contributed by atoms with Crippen molar-refractivity contribution >= 4 is 18.0 Å². The SMILES string of the molecule is CN(C(=O)c1ccc(NC=O)cc1)C(CCO)c1ccccc1. The van der Waals surface area contributed by atoms with E-state index in [1.807, 2.05) is 30.3 Å². The third-order valence-corrected chi connectivity index (χ3v) is 3.73. The first-order chi connectivity index (χ1) is 11.2. The number of aliphatic hydroxyl groups is 1. The lowest BCUT2D eigenvalue weighted by molar-refractivity contribution is -0.105. The first kappa shape index (κ1) is 16.7. The lowest BCUT2D eigenvalue weighted by Crippen LogP contribution is -2.31. The van der Waals surface area contributed by atoms with Gasteiger partial charge in [-0.15, -0.1) is 0 Å². The molecule has 2 rings (SSSR count). The van der Waals surface area contributed by atoms with Gasteiger partial charge in [0.1, 0.15) is 0 Å². The van der Waals surface area contributed by atoms with E-state index in [4.69, 9.17) is 0 Å². The Morgan fingerprint density at radius 3 is 2.39 bits per heavy atom. The molecule has 0 heterocycles. The smallest absolute Gasteiger partial charge is 0.254 e. The first-order valence-electron chi connectivity index (χ1n) is 7.40. The van der Waals surface area contributed by atoms with Crippen molar-refractivity contribution < 1.29 is 14.7 Å². The van der Waals surface area contributed by atoms with Gasteiger partial charge in [-0.05, 0) is 36.2 Å². The van der Waals surface area contributed by atoms with Crippen LogP contribution in [0.2, 0.25) is 0 Å². The highest BCUT2D eigenvalue weighted by Gasteiger charge is 2.22. The molecular formula is C18H20N2O3. The minimum Gasteiger partial charge on any atom is -0.396 e. The van der Waals surface area contributed by atoms with Crippen LogP contribution < -0.4 is 5.32 Å². The minimum atomic E-state index is -0.193. The summed E-state index contributed by atoms with van der Waals surface area (Å²) in [7, 11) is 1.73. The van der Waals surface area contributed by atoms with E-state index >= 15 is 0 Å². The van der Waals surface area contributed by atoms with E-state index < -0.39 is 0 Å². The van der Waals surface area contributed by atoms with Crippen LogP contribution in [0.25, 0.3) is 0 Å². The number of hydrogen-bond acceptors (Lipinski definition) is 3. The van der Waals surface area contributed by atoms with Gasteiger partial charge in [-0.25, -0.2) is 0 Å². The van der Waals surface area contributed by atoms with Gasteiger partial charge in [-0.1, -0.05) is 30.3 Å². The molecule has 23 heavy (non-hydrogen) atoms. The zero-order valence-electron chi connectivity index (χ0n) is 13.0. The molecule has 120 valence electrons. The monoisotopic (exact) mass is 312 g/mol. The predicted molar refractivity (Wildman–Crippen MR) is 89.1 cm³/mol. The van der Waals surface area contributed by atoms with Crippen molar-refractivity contribution in [3.05, 3.63) is 65.7 Å². The van der Waals surface area contributed by atoms with Gasteiger partial charge < -0.3 is 15.3 Å². The second kappa shape index (κ2) is 8.10. The van der Waals surface area contributed by atoms with Gasteiger partial charge >= 0.3 is 0 Å². The Hall–Kier alpha value is -2.66. The standard InChI is InChI=1S/C18H20N2O3/c1-20(17(11-12-21)14-5-3-2-4-6-14)18(23)15-7-9-16(10-8-15)19-13-22/h2-10,13,17,21H,11-12H2,1H3,(H,19,22). The largest absolute Gasteiger partial charge is 0.396 e. The summed E-state index contributed by atoms with van der Waals surface area (Å²) in [4.78, 5) is 24.7. The molecule has 0 fully saturated rings. The van der Waals surface area contributed by atoms with Crippen LogP contribution in [0.15, 0.2) is 54.6 Å². The third kappa shape index (κ3) is 4.17. The summed E-state index contributed by atoms with van der Waals surface area (Å²) in [6.45, 7) is -0.000622. The molecule has 0 aliphatic carbocycles. The summed E-state index contributed by atoms with van der Waals surface area (Å²) in [5.41, 5.74) is 2.15. The molecular weight excluding hydrogens is 292 g/mol. The molecule has 0 radical (unpaired) electrons. The van der Waals surface area contributed by atoms with Crippen molar-refractivity contribution in [2.24, 2.45) is 0 Å². The van der Waals surface area contributed by atoms with Crippen molar-refractivity contribution in [1.29, 1.82) is 0 Å². The number of anilines is 1. The molecule has 0 aliphatic rings. The zero-order valence-corrected chi connectivity index (χ0v) is 13.0. The fourth-order valence-electron chi connectivity index (χ4n) is 2.50. The summed E-state index contributed by atoms with van der Waals surface area (Å²) >= 11 is 0. The van der Waals surface area contributed by atoms with E-state index in [-0.39, 0.29) is 18.6 Å². The molecule has 0 spiro atoms. The quantitative estimate of drug-likeness (QED) is 0.772. The zero-order chi connectivity index (χ0) is 16.7. The fourth-order valence-corrected chi connectivity index (χ4v) is 2.50. The van der Waals surface area contributed by atoms with Crippen LogP contribution in [-0.4, -0.2) is 36.0 Å². The van der Waals surface area contributed by atoms with Crippen molar-refractivity contribution in [3.8, 4) is 0 Å². The van der Waals surface area contributed by atoms with Crippen LogP contribution in [0, 0.1) is 0 Å². The van der Waals surface area contributed by atoms with E-state index in [2.05, 4.69) is 5.32 Å². The van der Waals surface area contributed by atoms with Gasteiger partial charge in [0.25, 0.3) is 5.91 Å². The van der Waals surface area contributed by atoms with Crippen LogP contribution in [-0.2, 0) is 4.79 Å². The highest BCUT2D eigenvalue weighted by atomic mass is 16.3. The number of aliphatic hydroxyl groups excluding tert-OH is 1. The average Bonchev–Trinajstić information content (AvgIpc) is 2.60. The average molecular weight is 312 g/mol. The highest BCUT2D eigenvalue weighted by Crippen LogP contribution is 2.24. The molecule has 0 aliphatic heterocycles. The molecule has 5 nitrogen and oxygen atoms in total. The predicted octanol–water partition coefficient (Wildman–Crippen LogP) is 2.45. The Morgan fingerprint density at radius 2 is 1.83 bits per heavy atom. The fraction of sp³-hybridized carbons (Fsp3) is 0.222. The lowest BCUT2D eigenvalue weighted by Gasteiger charge is -2.28. The molecule has 2 aromatic rings. The minimum absolute atomic E-state index is 0.000622. The lowest BCUT2D eigenvalue weighted by atomic mass is 10.0. The highest BCUT2D eigenvalue weighted by molar-refractivity contribution is 5.94. The van der Waals surface area contributed by atoms with Gasteiger partial charge in [0.15, 0.2) is 0 Å². The van der Waals surface area contributed by atoms with Crippen molar-refractivity contribution in [3.63, 3.8) is 0 Å². The van der Waals surface area contributed by atoms with Crippen molar-refractivity contribution in [1.82, 2.24) is 4.90 Å². The number of benzene rings is 2. The number of nitrogens with zero attached hydrogens (tertiary/aromatic N) is 1. The number of amides is 2. The van der Waals surface area contributed by atoms with Gasteiger partial charge in [0.2, 0.25) is 6.41 Å². The molecule has 0 aromatic heterocycles. The van der Waals surface area contributed by atoms with Crippen LogP contribution in [0.1, 0.15) is 28.4 Å². The maximum absolute atomic E-state index is 12.7.